The molecule has 0 aliphatic carbocycles. The number of carbonyl (C=O) groups excluding carboxylic acids is 4. The summed E-state index contributed by atoms with van der Waals surface area (Å²) < 4.78 is 0. The summed E-state index contributed by atoms with van der Waals surface area (Å²) in [6, 6.07) is 10.8. The van der Waals surface area contributed by atoms with Crippen LogP contribution >= 0.6 is 0 Å². The lowest BCUT2D eigenvalue weighted by Gasteiger charge is -2.28. The number of aliphatic carboxylic acids is 1. The lowest BCUT2D eigenvalue weighted by molar-refractivity contribution is -0.143. The Labute approximate surface area is 231 Å². The number of nitrogens with one attached hydrogen (secondary N) is 2. The number of carbonyl (C=O) groups is 5. The van der Waals surface area contributed by atoms with Gasteiger partial charge in [-0.25, -0.2) is 4.79 Å². The number of hydrogen-bond donors (Lipinski definition) is 6. The molecule has 214 valence electrons. The number of primary amides is 1. The fourth-order valence-corrected chi connectivity index (χ4v) is 4.63. The molecule has 4 amide bonds. The predicted octanol–water partition coefficient (Wildman–Crippen LogP) is -0.185. The molecule has 4 unspecified atom stereocenters. The van der Waals surface area contributed by atoms with E-state index in [0.29, 0.717) is 31.4 Å². The second-order valence-corrected chi connectivity index (χ2v) is 9.82. The van der Waals surface area contributed by atoms with Crippen molar-refractivity contribution in [3.05, 3.63) is 65.7 Å². The van der Waals surface area contributed by atoms with Gasteiger partial charge in [0.05, 0.1) is 6.04 Å². The number of carboxylic acids is 1. The molecular weight excluding hydrogens is 518 g/mol. The number of hydrogen-bond acceptors (Lipinski definition) is 7. The molecule has 12 heteroatoms. The first-order chi connectivity index (χ1) is 19.0. The minimum absolute atomic E-state index is 0.00866. The molecule has 2 aromatic carbocycles. The Hall–Kier alpha value is -4.45. The third-order valence-electron chi connectivity index (χ3n) is 6.76. The van der Waals surface area contributed by atoms with E-state index in [0.717, 1.165) is 5.56 Å². The van der Waals surface area contributed by atoms with Crippen molar-refractivity contribution in [2.24, 2.45) is 11.5 Å². The van der Waals surface area contributed by atoms with E-state index >= 15 is 0 Å². The number of rotatable bonds is 13. The summed E-state index contributed by atoms with van der Waals surface area (Å²) in [6.45, 7) is 0.325. The van der Waals surface area contributed by atoms with Crippen molar-refractivity contribution in [3.63, 3.8) is 0 Å². The first-order valence-corrected chi connectivity index (χ1v) is 13.0. The minimum Gasteiger partial charge on any atom is -0.508 e. The van der Waals surface area contributed by atoms with Gasteiger partial charge in [0.25, 0.3) is 0 Å². The summed E-state index contributed by atoms with van der Waals surface area (Å²) in [7, 11) is 0. The third-order valence-corrected chi connectivity index (χ3v) is 6.76. The number of nitrogens with two attached hydrogens (primary N) is 2. The zero-order valence-electron chi connectivity index (χ0n) is 22.0. The van der Waals surface area contributed by atoms with Crippen LogP contribution in [0.1, 0.15) is 36.8 Å². The number of likely N-dealkylation sites (tertiary alicyclic amines) is 1. The largest absolute Gasteiger partial charge is 0.508 e. The maximum Gasteiger partial charge on any atom is 0.326 e. The number of benzene rings is 2. The van der Waals surface area contributed by atoms with Gasteiger partial charge >= 0.3 is 5.97 Å². The molecule has 0 spiro atoms. The van der Waals surface area contributed by atoms with Gasteiger partial charge in [0.15, 0.2) is 0 Å². The number of carboxylic acid groups (broad SMARTS) is 1. The minimum atomic E-state index is -1.34. The smallest absolute Gasteiger partial charge is 0.326 e. The second-order valence-electron chi connectivity index (χ2n) is 9.82. The standard InChI is InChI=1S/C28H35N5O7/c29-20(15-17-5-2-1-3-6-17)27(38)33-14-4-7-23(33)26(37)31-21(12-13-24(30)35)25(36)32-22(28(39)40)16-18-8-10-19(34)11-9-18/h1-3,5-6,8-11,20-23,34H,4,7,12-16,29H2,(H2,30,35)(H,31,37)(H,32,36)(H,39,40). The van der Waals surface area contributed by atoms with Gasteiger partial charge in [-0.3, -0.25) is 19.2 Å². The molecule has 8 N–H and O–H groups in total. The van der Waals surface area contributed by atoms with Gasteiger partial charge in [0.1, 0.15) is 23.9 Å². The topological polar surface area (TPSA) is 205 Å². The van der Waals surface area contributed by atoms with Gasteiger partial charge in [0.2, 0.25) is 23.6 Å². The van der Waals surface area contributed by atoms with Crippen LogP contribution in [0.15, 0.2) is 54.6 Å². The number of phenolic OH excluding ortho intramolecular Hbond substituents is 1. The molecule has 12 nitrogen and oxygen atoms in total. The van der Waals surface area contributed by atoms with E-state index in [9.17, 15) is 34.2 Å². The molecule has 0 aromatic heterocycles. The molecule has 40 heavy (non-hydrogen) atoms. The highest BCUT2D eigenvalue weighted by Gasteiger charge is 2.38. The lowest BCUT2D eigenvalue weighted by Crippen LogP contribution is -2.57. The average molecular weight is 554 g/mol. The fourth-order valence-electron chi connectivity index (χ4n) is 4.63. The molecule has 0 saturated carbocycles. The predicted molar refractivity (Wildman–Crippen MR) is 145 cm³/mol. The fraction of sp³-hybridized carbons (Fsp3) is 0.393. The normalized spacial score (nSPS) is 16.9. The summed E-state index contributed by atoms with van der Waals surface area (Å²) in [6.07, 6.45) is 0.746. The van der Waals surface area contributed by atoms with Gasteiger partial charge in [-0.2, -0.15) is 0 Å². The van der Waals surface area contributed by atoms with Crippen LogP contribution in [0.4, 0.5) is 0 Å². The SMILES string of the molecule is NC(=O)CCC(NC(=O)C1CCCN1C(=O)C(N)Cc1ccccc1)C(=O)NC(Cc1ccc(O)cc1)C(=O)O. The Morgan fingerprint density at radius 1 is 0.925 bits per heavy atom. The van der Waals surface area contributed by atoms with Crippen molar-refractivity contribution in [2.75, 3.05) is 6.54 Å². The van der Waals surface area contributed by atoms with Gasteiger partial charge in [0, 0.05) is 19.4 Å². The monoisotopic (exact) mass is 553 g/mol. The highest BCUT2D eigenvalue weighted by molar-refractivity contribution is 5.94. The van der Waals surface area contributed by atoms with Crippen LogP contribution in [0.25, 0.3) is 0 Å². The van der Waals surface area contributed by atoms with Crippen molar-refractivity contribution in [3.8, 4) is 5.75 Å². The molecule has 3 rings (SSSR count). The van der Waals surface area contributed by atoms with Crippen LogP contribution in [0.5, 0.6) is 5.75 Å². The van der Waals surface area contributed by atoms with Crippen LogP contribution in [-0.4, -0.2) is 75.4 Å². The Balaban J connectivity index is 1.68. The zero-order valence-corrected chi connectivity index (χ0v) is 22.0. The summed E-state index contributed by atoms with van der Waals surface area (Å²) >= 11 is 0. The molecule has 1 heterocycles. The highest BCUT2D eigenvalue weighted by Crippen LogP contribution is 2.20. The molecule has 4 atom stereocenters. The number of phenols is 1. The Morgan fingerprint density at radius 2 is 1.57 bits per heavy atom. The van der Waals surface area contributed by atoms with Crippen molar-refractivity contribution < 1.29 is 34.2 Å². The van der Waals surface area contributed by atoms with E-state index in [-0.39, 0.29) is 30.9 Å². The van der Waals surface area contributed by atoms with E-state index < -0.39 is 47.9 Å². The van der Waals surface area contributed by atoms with Crippen LogP contribution in [0.2, 0.25) is 0 Å². The van der Waals surface area contributed by atoms with Crippen LogP contribution in [0.3, 0.4) is 0 Å². The Bertz CT molecular complexity index is 1210. The molecule has 0 radical (unpaired) electrons. The van der Waals surface area contributed by atoms with E-state index in [1.54, 1.807) is 0 Å². The van der Waals surface area contributed by atoms with Crippen LogP contribution < -0.4 is 22.1 Å². The van der Waals surface area contributed by atoms with Crippen molar-refractivity contribution >= 4 is 29.6 Å². The summed E-state index contributed by atoms with van der Waals surface area (Å²) in [5.41, 5.74) is 12.9. The second kappa shape index (κ2) is 14.1. The van der Waals surface area contributed by atoms with Crippen molar-refractivity contribution in [2.45, 2.75) is 62.7 Å². The van der Waals surface area contributed by atoms with Crippen molar-refractivity contribution in [1.29, 1.82) is 0 Å². The first kappa shape index (κ1) is 30.1. The molecule has 1 fully saturated rings. The van der Waals surface area contributed by atoms with Gasteiger partial charge in [-0.05, 0) is 48.9 Å². The molecule has 1 aliphatic rings. The Kier molecular flexibility index (Phi) is 10.6. The van der Waals surface area contributed by atoms with E-state index in [1.807, 2.05) is 30.3 Å². The quantitative estimate of drug-likeness (QED) is 0.196. The average Bonchev–Trinajstić information content (AvgIpc) is 3.41. The van der Waals surface area contributed by atoms with E-state index in [4.69, 9.17) is 11.5 Å². The molecule has 2 aromatic rings. The summed E-state index contributed by atoms with van der Waals surface area (Å²) in [5, 5.41) is 24.1. The first-order valence-electron chi connectivity index (χ1n) is 13.0. The molecular formula is C28H35N5O7. The van der Waals surface area contributed by atoms with E-state index in [1.165, 1.54) is 29.2 Å². The maximum atomic E-state index is 13.3. The molecule has 0 bridgehead atoms. The van der Waals surface area contributed by atoms with E-state index in [2.05, 4.69) is 10.6 Å². The maximum absolute atomic E-state index is 13.3. The third kappa shape index (κ3) is 8.53. The van der Waals surface area contributed by atoms with Crippen molar-refractivity contribution in [1.82, 2.24) is 15.5 Å². The summed E-state index contributed by atoms with van der Waals surface area (Å²) in [4.78, 5) is 64.2. The summed E-state index contributed by atoms with van der Waals surface area (Å²) in [5.74, 6) is -3.80. The highest BCUT2D eigenvalue weighted by atomic mass is 16.4. The molecule has 1 saturated heterocycles. The van der Waals surface area contributed by atoms with Gasteiger partial charge in [-0.15, -0.1) is 0 Å². The number of amides is 4. The zero-order chi connectivity index (χ0) is 29.2. The number of aromatic hydroxyl groups is 1. The Morgan fingerprint density at radius 3 is 2.20 bits per heavy atom. The van der Waals surface area contributed by atoms with Crippen LogP contribution in [0, 0.1) is 0 Å². The van der Waals surface area contributed by atoms with Gasteiger partial charge in [-0.1, -0.05) is 42.5 Å². The molecule has 1 aliphatic heterocycles. The van der Waals surface area contributed by atoms with Gasteiger partial charge < -0.3 is 37.2 Å². The van der Waals surface area contributed by atoms with Crippen LogP contribution in [-0.2, 0) is 36.8 Å². The lowest BCUT2D eigenvalue weighted by atomic mass is 10.0. The number of nitrogens with zero attached hydrogens (tertiary/aromatic N) is 1.